The van der Waals surface area contributed by atoms with Crippen molar-refractivity contribution in [3.8, 4) is 0 Å². The molecule has 0 spiro atoms. The maximum absolute atomic E-state index is 13.8. The van der Waals surface area contributed by atoms with E-state index in [1.807, 2.05) is 0 Å². The number of hydrogen-bond donors (Lipinski definition) is 1. The lowest BCUT2D eigenvalue weighted by molar-refractivity contribution is 0.0374. The van der Waals surface area contributed by atoms with E-state index in [4.69, 9.17) is 16.3 Å². The van der Waals surface area contributed by atoms with Crippen LogP contribution in [0, 0.1) is 5.82 Å². The highest BCUT2D eigenvalue weighted by Crippen LogP contribution is 2.36. The molecular formula is C16H18ClFN2O2S. The first kappa shape index (κ1) is 16.6. The minimum absolute atomic E-state index is 0.203. The van der Waals surface area contributed by atoms with E-state index in [-0.39, 0.29) is 10.9 Å². The number of rotatable bonds is 5. The largest absolute Gasteiger partial charge is 0.379 e. The van der Waals surface area contributed by atoms with Crippen LogP contribution in [-0.2, 0) is 4.74 Å². The predicted octanol–water partition coefficient (Wildman–Crippen LogP) is 3.15. The van der Waals surface area contributed by atoms with Gasteiger partial charge in [0.05, 0.1) is 18.2 Å². The van der Waals surface area contributed by atoms with E-state index in [1.54, 1.807) is 12.1 Å². The first-order valence-electron chi connectivity index (χ1n) is 7.61. The fourth-order valence-electron chi connectivity index (χ4n) is 2.63. The van der Waals surface area contributed by atoms with Gasteiger partial charge in [0.25, 0.3) is 5.91 Å². The lowest BCUT2D eigenvalue weighted by Gasteiger charge is -2.26. The van der Waals surface area contributed by atoms with Gasteiger partial charge < -0.3 is 10.1 Å². The fraction of sp³-hybridized carbons (Fsp3) is 0.438. The third-order valence-corrected chi connectivity index (χ3v) is 5.50. The van der Waals surface area contributed by atoms with Gasteiger partial charge in [-0.05, 0) is 25.1 Å². The second kappa shape index (κ2) is 7.57. The van der Waals surface area contributed by atoms with Crippen LogP contribution in [0.25, 0.3) is 10.1 Å². The Morgan fingerprint density at radius 3 is 2.91 bits per heavy atom. The summed E-state index contributed by atoms with van der Waals surface area (Å²) < 4.78 is 19.8. The molecule has 1 aromatic carbocycles. The average molecular weight is 357 g/mol. The molecule has 124 valence electrons. The van der Waals surface area contributed by atoms with Crippen molar-refractivity contribution in [3.05, 3.63) is 33.9 Å². The number of carbonyl (C=O) groups is 1. The molecule has 0 saturated carbocycles. The summed E-state index contributed by atoms with van der Waals surface area (Å²) in [5, 5.41) is 3.40. The number of nitrogens with zero attached hydrogens (tertiary/aromatic N) is 1. The standard InChI is InChI=1S/C16H18ClFN2O2S/c17-14-13-11(18)3-1-4-12(13)23-15(14)16(21)19-5-2-6-20-7-9-22-10-8-20/h1,3-4H,2,5-10H2,(H,19,21). The molecule has 1 N–H and O–H groups in total. The molecule has 3 rings (SSSR count). The number of carbonyl (C=O) groups excluding carboxylic acids is 1. The van der Waals surface area contributed by atoms with Gasteiger partial charge in [0, 0.05) is 29.7 Å². The van der Waals surface area contributed by atoms with Crippen molar-refractivity contribution in [1.29, 1.82) is 0 Å². The summed E-state index contributed by atoms with van der Waals surface area (Å²) in [5.74, 6) is -0.632. The molecule has 1 saturated heterocycles. The summed E-state index contributed by atoms with van der Waals surface area (Å²) in [6, 6.07) is 4.74. The minimum Gasteiger partial charge on any atom is -0.379 e. The van der Waals surface area contributed by atoms with Gasteiger partial charge >= 0.3 is 0 Å². The summed E-state index contributed by atoms with van der Waals surface area (Å²) in [6.45, 7) is 4.93. The molecule has 1 fully saturated rings. The lowest BCUT2D eigenvalue weighted by Crippen LogP contribution is -2.38. The molecule has 0 radical (unpaired) electrons. The van der Waals surface area contributed by atoms with Crippen molar-refractivity contribution < 1.29 is 13.9 Å². The van der Waals surface area contributed by atoms with E-state index in [1.165, 1.54) is 17.4 Å². The summed E-state index contributed by atoms with van der Waals surface area (Å²) >= 11 is 7.40. The lowest BCUT2D eigenvalue weighted by atomic mass is 10.2. The Bertz CT molecular complexity index is 701. The van der Waals surface area contributed by atoms with Gasteiger partial charge in [-0.1, -0.05) is 17.7 Å². The Labute approximate surface area is 143 Å². The van der Waals surface area contributed by atoms with Crippen LogP contribution in [0.4, 0.5) is 4.39 Å². The van der Waals surface area contributed by atoms with Crippen LogP contribution in [0.5, 0.6) is 0 Å². The van der Waals surface area contributed by atoms with Crippen LogP contribution >= 0.6 is 22.9 Å². The summed E-state index contributed by atoms with van der Waals surface area (Å²) in [5.41, 5.74) is 0. The molecule has 1 aliphatic rings. The molecule has 1 aromatic heterocycles. The molecule has 2 aromatic rings. The van der Waals surface area contributed by atoms with Gasteiger partial charge in [0.2, 0.25) is 0 Å². The first-order chi connectivity index (χ1) is 11.2. The van der Waals surface area contributed by atoms with Crippen molar-refractivity contribution in [1.82, 2.24) is 10.2 Å². The Morgan fingerprint density at radius 2 is 2.17 bits per heavy atom. The maximum atomic E-state index is 13.8. The number of halogens is 2. The number of benzene rings is 1. The smallest absolute Gasteiger partial charge is 0.262 e. The number of fused-ring (bicyclic) bond motifs is 1. The van der Waals surface area contributed by atoms with E-state index >= 15 is 0 Å². The summed E-state index contributed by atoms with van der Waals surface area (Å²) in [4.78, 5) is 14.9. The third-order valence-electron chi connectivity index (χ3n) is 3.85. The number of nitrogens with one attached hydrogen (secondary N) is 1. The maximum Gasteiger partial charge on any atom is 0.262 e. The number of thiophene rings is 1. The Hall–Kier alpha value is -1.21. The molecule has 4 nitrogen and oxygen atoms in total. The van der Waals surface area contributed by atoms with Crippen molar-refractivity contribution in [2.45, 2.75) is 6.42 Å². The van der Waals surface area contributed by atoms with Crippen LogP contribution in [-0.4, -0.2) is 50.2 Å². The Kier molecular flexibility index (Phi) is 5.48. The number of hydrogen-bond acceptors (Lipinski definition) is 4. The molecule has 0 bridgehead atoms. The zero-order valence-electron chi connectivity index (χ0n) is 12.6. The third kappa shape index (κ3) is 3.83. The first-order valence-corrected chi connectivity index (χ1v) is 8.81. The van der Waals surface area contributed by atoms with Crippen LogP contribution in [0.1, 0.15) is 16.1 Å². The van der Waals surface area contributed by atoms with Crippen LogP contribution < -0.4 is 5.32 Å². The van der Waals surface area contributed by atoms with E-state index < -0.39 is 5.82 Å². The molecule has 1 amide bonds. The zero-order valence-corrected chi connectivity index (χ0v) is 14.2. The average Bonchev–Trinajstić information content (AvgIpc) is 2.91. The van der Waals surface area contributed by atoms with Gasteiger partial charge in [-0.25, -0.2) is 4.39 Å². The topological polar surface area (TPSA) is 41.6 Å². The quantitative estimate of drug-likeness (QED) is 0.837. The molecule has 0 aliphatic carbocycles. The predicted molar refractivity (Wildman–Crippen MR) is 91.0 cm³/mol. The molecular weight excluding hydrogens is 339 g/mol. The second-order valence-electron chi connectivity index (χ2n) is 5.42. The van der Waals surface area contributed by atoms with Crippen LogP contribution in [0.2, 0.25) is 5.02 Å². The van der Waals surface area contributed by atoms with E-state index in [0.29, 0.717) is 21.5 Å². The number of amides is 1. The van der Waals surface area contributed by atoms with Crippen molar-refractivity contribution in [2.75, 3.05) is 39.4 Å². The van der Waals surface area contributed by atoms with Gasteiger partial charge in [-0.15, -0.1) is 11.3 Å². The molecule has 23 heavy (non-hydrogen) atoms. The van der Waals surface area contributed by atoms with Crippen LogP contribution in [0.3, 0.4) is 0 Å². The molecule has 0 atom stereocenters. The second-order valence-corrected chi connectivity index (χ2v) is 6.85. The zero-order chi connectivity index (χ0) is 16.2. The molecule has 1 aliphatic heterocycles. The minimum atomic E-state index is -0.393. The highest BCUT2D eigenvalue weighted by Gasteiger charge is 2.19. The van der Waals surface area contributed by atoms with E-state index in [0.717, 1.165) is 39.3 Å². The van der Waals surface area contributed by atoms with Gasteiger partial charge in [0.1, 0.15) is 10.7 Å². The fourth-order valence-corrected chi connectivity index (χ4v) is 4.10. The molecule has 2 heterocycles. The Balaban J connectivity index is 1.56. The SMILES string of the molecule is O=C(NCCCN1CCOCC1)c1sc2cccc(F)c2c1Cl. The number of ether oxygens (including phenoxy) is 1. The van der Waals surface area contributed by atoms with Gasteiger partial charge in [-0.3, -0.25) is 9.69 Å². The molecule has 7 heteroatoms. The highest BCUT2D eigenvalue weighted by molar-refractivity contribution is 7.21. The Morgan fingerprint density at radius 1 is 1.39 bits per heavy atom. The van der Waals surface area contributed by atoms with Crippen molar-refractivity contribution in [2.24, 2.45) is 0 Å². The van der Waals surface area contributed by atoms with Crippen LogP contribution in [0.15, 0.2) is 18.2 Å². The van der Waals surface area contributed by atoms with Crippen molar-refractivity contribution >= 4 is 38.9 Å². The molecule has 0 unspecified atom stereocenters. The monoisotopic (exact) mass is 356 g/mol. The normalized spacial score (nSPS) is 15.9. The highest BCUT2D eigenvalue weighted by atomic mass is 35.5. The van der Waals surface area contributed by atoms with E-state index in [9.17, 15) is 9.18 Å². The summed E-state index contributed by atoms with van der Waals surface area (Å²) in [7, 11) is 0. The summed E-state index contributed by atoms with van der Waals surface area (Å²) in [6.07, 6.45) is 0.864. The van der Waals surface area contributed by atoms with Gasteiger partial charge in [0.15, 0.2) is 0 Å². The van der Waals surface area contributed by atoms with Crippen molar-refractivity contribution in [3.63, 3.8) is 0 Å². The van der Waals surface area contributed by atoms with E-state index in [2.05, 4.69) is 10.2 Å². The number of morpholine rings is 1. The van der Waals surface area contributed by atoms with Gasteiger partial charge in [-0.2, -0.15) is 0 Å².